The van der Waals surface area contributed by atoms with Crippen LogP contribution in [0.5, 0.6) is 0 Å². The van der Waals surface area contributed by atoms with E-state index in [1.807, 2.05) is 34.1 Å². The Labute approximate surface area is 197 Å². The van der Waals surface area contributed by atoms with Gasteiger partial charge in [0.1, 0.15) is 11.0 Å². The van der Waals surface area contributed by atoms with Crippen molar-refractivity contribution in [3.05, 3.63) is 65.8 Å². The van der Waals surface area contributed by atoms with Crippen LogP contribution in [0.15, 0.2) is 60.8 Å². The van der Waals surface area contributed by atoms with Crippen molar-refractivity contribution < 1.29 is 4.79 Å². The molecule has 2 heterocycles. The van der Waals surface area contributed by atoms with Gasteiger partial charge in [-0.05, 0) is 12.1 Å². The summed E-state index contributed by atoms with van der Waals surface area (Å²) in [6, 6.07) is 9.48. The molecule has 1 aliphatic rings. The average molecular weight is 478 g/mol. The molecule has 3 rings (SSSR count). The van der Waals surface area contributed by atoms with E-state index in [9.17, 15) is 4.79 Å². The standard InChI is InChI=1S/C22H25Cl2N5OS/c1-3-9-28(10-4-2)20-15-19(24)25-22(26-20)31-16-21(30)29-13-11-27(12-14-29)18-8-6-5-7-17(18)23/h3-8,15H,1-2,9-14,16H2. The van der Waals surface area contributed by atoms with Gasteiger partial charge in [-0.25, -0.2) is 9.97 Å². The molecule has 2 aromatic rings. The van der Waals surface area contributed by atoms with E-state index in [0.29, 0.717) is 42.3 Å². The van der Waals surface area contributed by atoms with Crippen LogP contribution in [-0.2, 0) is 4.79 Å². The van der Waals surface area contributed by atoms with Gasteiger partial charge in [-0.1, -0.05) is 59.2 Å². The van der Waals surface area contributed by atoms with Crippen LogP contribution < -0.4 is 9.80 Å². The maximum absolute atomic E-state index is 12.7. The van der Waals surface area contributed by atoms with Gasteiger partial charge in [-0.15, -0.1) is 13.2 Å². The van der Waals surface area contributed by atoms with Crippen molar-refractivity contribution in [2.45, 2.75) is 5.16 Å². The smallest absolute Gasteiger partial charge is 0.233 e. The number of piperazine rings is 1. The van der Waals surface area contributed by atoms with Crippen LogP contribution in [0.1, 0.15) is 0 Å². The lowest BCUT2D eigenvalue weighted by atomic mass is 10.2. The zero-order chi connectivity index (χ0) is 22.2. The lowest BCUT2D eigenvalue weighted by Gasteiger charge is -2.36. The highest BCUT2D eigenvalue weighted by molar-refractivity contribution is 7.99. The third kappa shape index (κ3) is 6.38. The first-order valence-corrected chi connectivity index (χ1v) is 11.7. The molecule has 1 aromatic carbocycles. The molecule has 0 bridgehead atoms. The summed E-state index contributed by atoms with van der Waals surface area (Å²) in [5.41, 5.74) is 1.01. The molecular formula is C22H25Cl2N5OS. The first-order chi connectivity index (χ1) is 15.0. The monoisotopic (exact) mass is 477 g/mol. The van der Waals surface area contributed by atoms with Crippen molar-refractivity contribution in [3.63, 3.8) is 0 Å². The first-order valence-electron chi connectivity index (χ1n) is 9.93. The quantitative estimate of drug-likeness (QED) is 0.231. The largest absolute Gasteiger partial charge is 0.367 e. The Balaban J connectivity index is 1.57. The van der Waals surface area contributed by atoms with Crippen molar-refractivity contribution in [1.82, 2.24) is 14.9 Å². The SMILES string of the molecule is C=CCN(CC=C)c1cc(Cl)nc(SCC(=O)N2CCN(c3ccccc3Cl)CC2)n1. The van der Waals surface area contributed by atoms with Crippen molar-refractivity contribution in [2.75, 3.05) is 54.8 Å². The fourth-order valence-electron chi connectivity index (χ4n) is 3.31. The van der Waals surface area contributed by atoms with Crippen molar-refractivity contribution in [1.29, 1.82) is 0 Å². The molecule has 0 atom stereocenters. The maximum Gasteiger partial charge on any atom is 0.233 e. The molecule has 0 saturated carbocycles. The number of rotatable bonds is 9. The average Bonchev–Trinajstić information content (AvgIpc) is 2.77. The number of hydrogen-bond donors (Lipinski definition) is 0. The molecule has 164 valence electrons. The van der Waals surface area contributed by atoms with Crippen LogP contribution in [0.25, 0.3) is 0 Å². The summed E-state index contributed by atoms with van der Waals surface area (Å²) in [4.78, 5) is 27.6. The molecule has 6 nitrogen and oxygen atoms in total. The topological polar surface area (TPSA) is 52.6 Å². The molecule has 1 saturated heterocycles. The van der Waals surface area contributed by atoms with Gasteiger partial charge in [0, 0.05) is 45.3 Å². The van der Waals surface area contributed by atoms with E-state index < -0.39 is 0 Å². The molecule has 1 aromatic heterocycles. The van der Waals surface area contributed by atoms with E-state index in [1.165, 1.54) is 11.8 Å². The highest BCUT2D eigenvalue weighted by Gasteiger charge is 2.22. The Morgan fingerprint density at radius 1 is 1.10 bits per heavy atom. The van der Waals surface area contributed by atoms with Crippen molar-refractivity contribution >= 4 is 52.4 Å². The Bertz CT molecular complexity index is 924. The predicted octanol–water partition coefficient (Wildman–Crippen LogP) is 4.40. The van der Waals surface area contributed by atoms with E-state index in [-0.39, 0.29) is 11.7 Å². The Kier molecular flexibility index (Phi) is 8.63. The fraction of sp³-hybridized carbons (Fsp3) is 0.318. The third-order valence-electron chi connectivity index (χ3n) is 4.83. The van der Waals surface area contributed by atoms with Gasteiger partial charge in [-0.3, -0.25) is 4.79 Å². The summed E-state index contributed by atoms with van der Waals surface area (Å²) in [5, 5.41) is 1.55. The number of benzene rings is 1. The van der Waals surface area contributed by atoms with Gasteiger partial charge >= 0.3 is 0 Å². The number of aromatic nitrogens is 2. The van der Waals surface area contributed by atoms with Gasteiger partial charge in [0.25, 0.3) is 0 Å². The summed E-state index contributed by atoms with van der Waals surface area (Å²) in [5.74, 6) is 1.00. The molecule has 1 amide bonds. The minimum atomic E-state index is 0.0583. The second-order valence-corrected chi connectivity index (χ2v) is 8.66. The zero-order valence-corrected chi connectivity index (χ0v) is 19.5. The number of amides is 1. The van der Waals surface area contributed by atoms with Gasteiger partial charge in [0.2, 0.25) is 5.91 Å². The van der Waals surface area contributed by atoms with Gasteiger partial charge in [0.05, 0.1) is 16.5 Å². The summed E-state index contributed by atoms with van der Waals surface area (Å²) in [6.45, 7) is 11.6. The van der Waals surface area contributed by atoms with Crippen LogP contribution in [0.4, 0.5) is 11.5 Å². The van der Waals surface area contributed by atoms with Crippen LogP contribution in [0, 0.1) is 0 Å². The predicted molar refractivity (Wildman–Crippen MR) is 131 cm³/mol. The number of thioether (sulfide) groups is 1. The number of halogens is 2. The number of para-hydroxylation sites is 1. The van der Waals surface area contributed by atoms with E-state index in [0.717, 1.165) is 23.8 Å². The molecule has 0 spiro atoms. The lowest BCUT2D eigenvalue weighted by Crippen LogP contribution is -2.49. The number of carbonyl (C=O) groups excluding carboxylic acids is 1. The Morgan fingerprint density at radius 2 is 1.77 bits per heavy atom. The Hall–Kier alpha value is -2.22. The van der Waals surface area contributed by atoms with Crippen LogP contribution >= 0.6 is 35.0 Å². The lowest BCUT2D eigenvalue weighted by molar-refractivity contribution is -0.128. The summed E-state index contributed by atoms with van der Waals surface area (Å²) >= 11 is 13.8. The van der Waals surface area contributed by atoms with Crippen LogP contribution in [0.3, 0.4) is 0 Å². The van der Waals surface area contributed by atoms with Crippen LogP contribution in [-0.4, -0.2) is 65.8 Å². The fourth-order valence-corrected chi connectivity index (χ4v) is 4.55. The minimum Gasteiger partial charge on any atom is -0.367 e. The summed E-state index contributed by atoms with van der Waals surface area (Å²) < 4.78 is 0. The molecule has 1 fully saturated rings. The normalized spacial score (nSPS) is 13.7. The Morgan fingerprint density at radius 3 is 2.42 bits per heavy atom. The second-order valence-electron chi connectivity index (χ2n) is 6.92. The second kappa shape index (κ2) is 11.4. The molecule has 31 heavy (non-hydrogen) atoms. The number of carbonyl (C=O) groups is 1. The molecule has 0 unspecified atom stereocenters. The van der Waals surface area contributed by atoms with E-state index in [4.69, 9.17) is 23.2 Å². The maximum atomic E-state index is 12.7. The number of anilines is 2. The number of hydrogen-bond acceptors (Lipinski definition) is 6. The van der Waals surface area contributed by atoms with E-state index in [1.54, 1.807) is 18.2 Å². The molecule has 0 aliphatic carbocycles. The third-order valence-corrected chi connectivity index (χ3v) is 6.18. The minimum absolute atomic E-state index is 0.0583. The highest BCUT2D eigenvalue weighted by atomic mass is 35.5. The zero-order valence-electron chi connectivity index (χ0n) is 17.2. The summed E-state index contributed by atoms with van der Waals surface area (Å²) in [6.07, 6.45) is 3.58. The number of nitrogens with zero attached hydrogens (tertiary/aromatic N) is 5. The van der Waals surface area contributed by atoms with Crippen molar-refractivity contribution in [2.24, 2.45) is 0 Å². The van der Waals surface area contributed by atoms with Crippen LogP contribution in [0.2, 0.25) is 10.2 Å². The summed E-state index contributed by atoms with van der Waals surface area (Å²) in [7, 11) is 0. The van der Waals surface area contributed by atoms with Crippen molar-refractivity contribution in [3.8, 4) is 0 Å². The highest BCUT2D eigenvalue weighted by Crippen LogP contribution is 2.26. The van der Waals surface area contributed by atoms with Gasteiger partial charge in [-0.2, -0.15) is 0 Å². The molecule has 1 aliphatic heterocycles. The molecule has 0 N–H and O–H groups in total. The van der Waals surface area contributed by atoms with E-state index in [2.05, 4.69) is 28.0 Å². The molecule has 9 heteroatoms. The first kappa shape index (κ1) is 23.4. The molecule has 0 radical (unpaired) electrons. The molecular weight excluding hydrogens is 453 g/mol. The van der Waals surface area contributed by atoms with E-state index >= 15 is 0 Å². The van der Waals surface area contributed by atoms with Gasteiger partial charge in [0.15, 0.2) is 5.16 Å². The van der Waals surface area contributed by atoms with Gasteiger partial charge < -0.3 is 14.7 Å².